The molecule has 1 heteroatoms. The molecule has 0 saturated carbocycles. The molecule has 1 unspecified atom stereocenters. The zero-order valence-electron chi connectivity index (χ0n) is 12.5. The molecule has 0 fully saturated rings. The average Bonchev–Trinajstić information content (AvgIpc) is 1.98. The number of allylic oxidation sites excluding steroid dienone is 1. The molecule has 0 aromatic rings. The van der Waals surface area contributed by atoms with E-state index < -0.39 is 0 Å². The van der Waals surface area contributed by atoms with Crippen LogP contribution < -0.4 is 0 Å². The van der Waals surface area contributed by atoms with E-state index in [2.05, 4.69) is 72.6 Å². The van der Waals surface area contributed by atoms with Crippen molar-refractivity contribution in [1.29, 1.82) is 0 Å². The Kier molecular flexibility index (Phi) is 6.14. The minimum atomic E-state index is 0.421. The van der Waals surface area contributed by atoms with Gasteiger partial charge < -0.3 is 4.90 Å². The van der Waals surface area contributed by atoms with Crippen molar-refractivity contribution in [2.45, 2.75) is 73.9 Å². The maximum absolute atomic E-state index is 2.42. The minimum Gasteiger partial charge on any atom is -0.373 e. The summed E-state index contributed by atoms with van der Waals surface area (Å²) in [4.78, 5) is 2.42. The fourth-order valence-corrected chi connectivity index (χ4v) is 2.22. The van der Waals surface area contributed by atoms with Gasteiger partial charge in [0.15, 0.2) is 0 Å². The Morgan fingerprint density at radius 2 is 1.38 bits per heavy atom. The summed E-state index contributed by atoms with van der Waals surface area (Å²) in [5.41, 5.74) is 0.421. The SMILES string of the molecule is CC(/C=C/N(C(C)C)C(C)C)CC(C)(C)C. The van der Waals surface area contributed by atoms with E-state index in [0.717, 1.165) is 0 Å². The first-order valence-corrected chi connectivity index (χ1v) is 6.59. The fourth-order valence-electron chi connectivity index (χ4n) is 2.22. The first kappa shape index (κ1) is 15.5. The number of nitrogens with zero attached hydrogens (tertiary/aromatic N) is 1. The van der Waals surface area contributed by atoms with Crippen molar-refractivity contribution < 1.29 is 0 Å². The normalized spacial score (nSPS) is 15.1. The van der Waals surface area contributed by atoms with Gasteiger partial charge in [0.05, 0.1) is 0 Å². The third-order valence-electron chi connectivity index (χ3n) is 2.71. The Morgan fingerprint density at radius 1 is 0.938 bits per heavy atom. The van der Waals surface area contributed by atoms with Gasteiger partial charge in [0.2, 0.25) is 0 Å². The molecule has 0 aromatic heterocycles. The number of rotatable bonds is 5. The van der Waals surface area contributed by atoms with Crippen molar-refractivity contribution in [3.05, 3.63) is 12.3 Å². The summed E-state index contributed by atoms with van der Waals surface area (Å²) in [6, 6.07) is 1.16. The van der Waals surface area contributed by atoms with Gasteiger partial charge in [0, 0.05) is 12.1 Å². The van der Waals surface area contributed by atoms with E-state index in [4.69, 9.17) is 0 Å². The fraction of sp³-hybridized carbons (Fsp3) is 0.867. The maximum atomic E-state index is 2.42. The monoisotopic (exact) mass is 225 g/mol. The molecule has 0 aliphatic rings. The Balaban J connectivity index is 4.34. The molecule has 0 N–H and O–H groups in total. The minimum absolute atomic E-state index is 0.421. The molecule has 0 aliphatic heterocycles. The first-order chi connectivity index (χ1) is 7.13. The largest absolute Gasteiger partial charge is 0.373 e. The summed E-state index contributed by atoms with van der Waals surface area (Å²) in [5.74, 6) is 0.653. The summed E-state index contributed by atoms with van der Waals surface area (Å²) < 4.78 is 0. The molecule has 0 radical (unpaired) electrons. The average molecular weight is 225 g/mol. The van der Waals surface area contributed by atoms with Crippen molar-refractivity contribution in [3.8, 4) is 0 Å². The van der Waals surface area contributed by atoms with E-state index in [1.54, 1.807) is 0 Å². The van der Waals surface area contributed by atoms with Crippen molar-refractivity contribution >= 4 is 0 Å². The van der Waals surface area contributed by atoms with Crippen LogP contribution in [-0.2, 0) is 0 Å². The van der Waals surface area contributed by atoms with Crippen molar-refractivity contribution in [3.63, 3.8) is 0 Å². The van der Waals surface area contributed by atoms with E-state index in [9.17, 15) is 0 Å². The highest BCUT2D eigenvalue weighted by Crippen LogP contribution is 2.25. The van der Waals surface area contributed by atoms with Crippen LogP contribution in [0.15, 0.2) is 12.3 Å². The van der Waals surface area contributed by atoms with Gasteiger partial charge >= 0.3 is 0 Å². The van der Waals surface area contributed by atoms with Gasteiger partial charge in [-0.1, -0.05) is 33.8 Å². The smallest absolute Gasteiger partial charge is 0.0230 e. The van der Waals surface area contributed by atoms with Crippen LogP contribution in [0.2, 0.25) is 0 Å². The highest BCUT2D eigenvalue weighted by atomic mass is 15.1. The molecule has 0 bridgehead atoms. The molecule has 0 spiro atoms. The van der Waals surface area contributed by atoms with E-state index in [-0.39, 0.29) is 0 Å². The highest BCUT2D eigenvalue weighted by Gasteiger charge is 2.14. The zero-order valence-corrected chi connectivity index (χ0v) is 12.5. The molecule has 1 nitrogen and oxygen atoms in total. The lowest BCUT2D eigenvalue weighted by Gasteiger charge is -2.30. The molecular formula is C15H31N. The van der Waals surface area contributed by atoms with Crippen LogP contribution >= 0.6 is 0 Å². The van der Waals surface area contributed by atoms with Crippen LogP contribution in [0.3, 0.4) is 0 Å². The summed E-state index contributed by atoms with van der Waals surface area (Å²) in [6.45, 7) is 18.2. The van der Waals surface area contributed by atoms with Crippen LogP contribution in [0.5, 0.6) is 0 Å². The topological polar surface area (TPSA) is 3.24 Å². The van der Waals surface area contributed by atoms with Gasteiger partial charge in [-0.25, -0.2) is 0 Å². The second-order valence-electron chi connectivity index (χ2n) is 6.72. The van der Waals surface area contributed by atoms with E-state index in [0.29, 0.717) is 23.4 Å². The van der Waals surface area contributed by atoms with Gasteiger partial charge in [-0.15, -0.1) is 0 Å². The molecule has 0 aromatic carbocycles. The first-order valence-electron chi connectivity index (χ1n) is 6.59. The quantitative estimate of drug-likeness (QED) is 0.656. The summed E-state index contributed by atoms with van der Waals surface area (Å²) in [7, 11) is 0. The summed E-state index contributed by atoms with van der Waals surface area (Å²) in [6.07, 6.45) is 5.88. The molecule has 0 amide bonds. The Morgan fingerprint density at radius 3 is 1.69 bits per heavy atom. The molecule has 96 valence electrons. The maximum Gasteiger partial charge on any atom is 0.0230 e. The molecule has 16 heavy (non-hydrogen) atoms. The van der Waals surface area contributed by atoms with Crippen LogP contribution in [0.4, 0.5) is 0 Å². The molecule has 0 rings (SSSR count). The van der Waals surface area contributed by atoms with Gasteiger partial charge in [0.25, 0.3) is 0 Å². The highest BCUT2D eigenvalue weighted by molar-refractivity contribution is 4.91. The van der Waals surface area contributed by atoms with Gasteiger partial charge in [-0.05, 0) is 51.6 Å². The molecule has 1 atom stereocenters. The predicted octanol–water partition coefficient (Wildman–Crippen LogP) is 4.69. The van der Waals surface area contributed by atoms with E-state index in [1.165, 1.54) is 6.42 Å². The molecular weight excluding hydrogens is 194 g/mol. The Hall–Kier alpha value is -0.460. The van der Waals surface area contributed by atoms with Crippen LogP contribution in [0.1, 0.15) is 61.8 Å². The van der Waals surface area contributed by atoms with Crippen molar-refractivity contribution in [2.24, 2.45) is 11.3 Å². The third-order valence-corrected chi connectivity index (χ3v) is 2.71. The number of hydrogen-bond acceptors (Lipinski definition) is 1. The number of hydrogen-bond donors (Lipinski definition) is 0. The third kappa shape index (κ3) is 6.92. The van der Waals surface area contributed by atoms with E-state index in [1.807, 2.05) is 0 Å². The molecule has 0 heterocycles. The predicted molar refractivity (Wildman–Crippen MR) is 74.5 cm³/mol. The summed E-state index contributed by atoms with van der Waals surface area (Å²) in [5, 5.41) is 0. The van der Waals surface area contributed by atoms with E-state index >= 15 is 0 Å². The van der Waals surface area contributed by atoms with Crippen LogP contribution in [0.25, 0.3) is 0 Å². The standard InChI is InChI=1S/C15H31N/c1-12(2)16(13(3)4)10-9-14(5)11-15(6,7)8/h9-10,12-14H,11H2,1-8H3/b10-9+. The second kappa shape index (κ2) is 6.32. The van der Waals surface area contributed by atoms with Crippen molar-refractivity contribution in [2.75, 3.05) is 0 Å². The van der Waals surface area contributed by atoms with Gasteiger partial charge in [-0.2, -0.15) is 0 Å². The molecule has 0 aliphatic carbocycles. The summed E-state index contributed by atoms with van der Waals surface area (Å²) >= 11 is 0. The van der Waals surface area contributed by atoms with Gasteiger partial charge in [0.1, 0.15) is 0 Å². The lowest BCUT2D eigenvalue weighted by molar-refractivity contribution is 0.252. The van der Waals surface area contributed by atoms with Crippen LogP contribution in [-0.4, -0.2) is 17.0 Å². The molecule has 0 saturated heterocycles. The lowest BCUT2D eigenvalue weighted by Crippen LogP contribution is -2.32. The van der Waals surface area contributed by atoms with Gasteiger partial charge in [-0.3, -0.25) is 0 Å². The lowest BCUT2D eigenvalue weighted by atomic mass is 9.85. The van der Waals surface area contributed by atoms with Crippen molar-refractivity contribution in [1.82, 2.24) is 4.90 Å². The Labute approximate surface area is 103 Å². The second-order valence-corrected chi connectivity index (χ2v) is 6.72. The van der Waals surface area contributed by atoms with Crippen LogP contribution in [0, 0.1) is 11.3 Å². The zero-order chi connectivity index (χ0) is 12.9. The Bertz CT molecular complexity index is 200.